The molecule has 17 heavy (non-hydrogen) atoms. The number of rotatable bonds is 5. The molecule has 0 amide bonds. The van der Waals surface area contributed by atoms with Crippen LogP contribution >= 0.6 is 0 Å². The van der Waals surface area contributed by atoms with Gasteiger partial charge in [0, 0.05) is 13.6 Å². The zero-order valence-electron chi connectivity index (χ0n) is 9.74. The maximum absolute atomic E-state index is 9.38. The maximum atomic E-state index is 9.38. The van der Waals surface area contributed by atoms with E-state index in [-0.39, 0.29) is 12.6 Å². The maximum Gasteiger partial charge on any atom is 0.0738 e. The number of aromatic nitrogens is 3. The molecular formula is C12H16N4O. The van der Waals surface area contributed by atoms with Crippen molar-refractivity contribution < 1.29 is 5.11 Å². The van der Waals surface area contributed by atoms with Crippen molar-refractivity contribution in [3.63, 3.8) is 0 Å². The zero-order chi connectivity index (χ0) is 12.1. The first kappa shape index (κ1) is 11.8. The summed E-state index contributed by atoms with van der Waals surface area (Å²) in [5, 5.41) is 20.3. The fraction of sp³-hybridized carbons (Fsp3) is 0.333. The Morgan fingerprint density at radius 3 is 2.71 bits per heavy atom. The number of nitrogens with zero attached hydrogens (tertiary/aromatic N) is 3. The molecule has 5 heteroatoms. The molecule has 0 fully saturated rings. The van der Waals surface area contributed by atoms with Gasteiger partial charge in [-0.1, -0.05) is 35.5 Å². The number of hydrogen-bond acceptors (Lipinski definition) is 4. The SMILES string of the molecule is Cn1nncc1CN[C@H](CO)c1ccccc1. The molecule has 1 aromatic carbocycles. The third-order valence-corrected chi connectivity index (χ3v) is 2.72. The molecule has 0 saturated carbocycles. The predicted octanol–water partition coefficient (Wildman–Crippen LogP) is 0.638. The van der Waals surface area contributed by atoms with Crippen LogP contribution < -0.4 is 5.32 Å². The lowest BCUT2D eigenvalue weighted by molar-refractivity contribution is 0.243. The van der Waals surface area contributed by atoms with Gasteiger partial charge in [-0.15, -0.1) is 5.10 Å². The van der Waals surface area contributed by atoms with Crippen LogP contribution in [0.1, 0.15) is 17.3 Å². The summed E-state index contributed by atoms with van der Waals surface area (Å²) in [7, 11) is 1.85. The highest BCUT2D eigenvalue weighted by molar-refractivity contribution is 5.19. The highest BCUT2D eigenvalue weighted by Crippen LogP contribution is 2.12. The lowest BCUT2D eigenvalue weighted by Gasteiger charge is -2.16. The van der Waals surface area contributed by atoms with Crippen LogP contribution in [0.2, 0.25) is 0 Å². The second-order valence-corrected chi connectivity index (χ2v) is 3.88. The van der Waals surface area contributed by atoms with Crippen molar-refractivity contribution in [3.8, 4) is 0 Å². The molecule has 0 radical (unpaired) electrons. The Balaban J connectivity index is 1.99. The van der Waals surface area contributed by atoms with Crippen molar-refractivity contribution >= 4 is 0 Å². The van der Waals surface area contributed by atoms with Gasteiger partial charge in [0.1, 0.15) is 0 Å². The van der Waals surface area contributed by atoms with Crippen LogP contribution in [0.25, 0.3) is 0 Å². The number of nitrogens with one attached hydrogen (secondary N) is 1. The summed E-state index contributed by atoms with van der Waals surface area (Å²) < 4.78 is 1.71. The number of benzene rings is 1. The summed E-state index contributed by atoms with van der Waals surface area (Å²) in [6.07, 6.45) is 1.71. The van der Waals surface area contributed by atoms with Crippen molar-refractivity contribution in [1.29, 1.82) is 0 Å². The normalized spacial score (nSPS) is 12.6. The Kier molecular flexibility index (Phi) is 3.85. The standard InChI is InChI=1S/C12H16N4O/c1-16-11(8-14-15-16)7-13-12(9-17)10-5-3-2-4-6-10/h2-6,8,12-13,17H,7,9H2,1H3/t12-/m1/s1. The summed E-state index contributed by atoms with van der Waals surface area (Å²) in [6, 6.07) is 9.82. The molecule has 0 aliphatic carbocycles. The van der Waals surface area contributed by atoms with E-state index in [2.05, 4.69) is 15.6 Å². The quantitative estimate of drug-likeness (QED) is 0.794. The minimum atomic E-state index is -0.0638. The zero-order valence-corrected chi connectivity index (χ0v) is 9.74. The van der Waals surface area contributed by atoms with E-state index < -0.39 is 0 Å². The van der Waals surface area contributed by atoms with Gasteiger partial charge in [-0.25, -0.2) is 0 Å². The third kappa shape index (κ3) is 2.89. The van der Waals surface area contributed by atoms with E-state index >= 15 is 0 Å². The summed E-state index contributed by atoms with van der Waals surface area (Å²) in [6.45, 7) is 0.693. The molecule has 0 aliphatic heterocycles. The Morgan fingerprint density at radius 1 is 1.35 bits per heavy atom. The van der Waals surface area contributed by atoms with Crippen molar-refractivity contribution in [2.75, 3.05) is 6.61 Å². The number of aliphatic hydroxyl groups is 1. The summed E-state index contributed by atoms with van der Waals surface area (Å²) in [5.41, 5.74) is 2.06. The lowest BCUT2D eigenvalue weighted by Crippen LogP contribution is -2.24. The van der Waals surface area contributed by atoms with Crippen LogP contribution in [0.4, 0.5) is 0 Å². The summed E-state index contributed by atoms with van der Waals surface area (Å²) in [4.78, 5) is 0. The Hall–Kier alpha value is -1.72. The monoisotopic (exact) mass is 232 g/mol. The molecule has 1 heterocycles. The van der Waals surface area contributed by atoms with E-state index in [9.17, 15) is 5.11 Å². The van der Waals surface area contributed by atoms with Crippen LogP contribution in [0.5, 0.6) is 0 Å². The molecule has 0 saturated heterocycles. The average Bonchev–Trinajstić information content (AvgIpc) is 2.77. The Bertz CT molecular complexity index is 455. The van der Waals surface area contributed by atoms with Crippen LogP contribution in [-0.2, 0) is 13.6 Å². The molecule has 90 valence electrons. The number of aryl methyl sites for hydroxylation is 1. The van der Waals surface area contributed by atoms with Crippen molar-refractivity contribution in [1.82, 2.24) is 20.3 Å². The van der Waals surface area contributed by atoms with Crippen LogP contribution in [0.3, 0.4) is 0 Å². The van der Waals surface area contributed by atoms with Crippen LogP contribution in [0, 0.1) is 0 Å². The first-order valence-electron chi connectivity index (χ1n) is 5.54. The average molecular weight is 232 g/mol. The molecule has 0 unspecified atom stereocenters. The second-order valence-electron chi connectivity index (χ2n) is 3.88. The highest BCUT2D eigenvalue weighted by Gasteiger charge is 2.10. The van der Waals surface area contributed by atoms with E-state index in [0.29, 0.717) is 6.54 Å². The fourth-order valence-electron chi connectivity index (χ4n) is 1.67. The highest BCUT2D eigenvalue weighted by atomic mass is 16.3. The van der Waals surface area contributed by atoms with E-state index in [1.54, 1.807) is 10.9 Å². The number of hydrogen-bond donors (Lipinski definition) is 2. The fourth-order valence-corrected chi connectivity index (χ4v) is 1.67. The van der Waals surface area contributed by atoms with Gasteiger partial charge in [0.05, 0.1) is 24.5 Å². The largest absolute Gasteiger partial charge is 0.394 e. The van der Waals surface area contributed by atoms with Crippen molar-refractivity contribution in [2.24, 2.45) is 7.05 Å². The Labute approximate surface area is 100 Å². The minimum Gasteiger partial charge on any atom is -0.394 e. The Morgan fingerprint density at radius 2 is 2.12 bits per heavy atom. The minimum absolute atomic E-state index is 0.0638. The van der Waals surface area contributed by atoms with Gasteiger partial charge in [0.25, 0.3) is 0 Å². The van der Waals surface area contributed by atoms with Crippen LogP contribution in [-0.4, -0.2) is 26.7 Å². The second kappa shape index (κ2) is 5.56. The molecule has 0 aliphatic rings. The van der Waals surface area contributed by atoms with E-state index in [4.69, 9.17) is 0 Å². The molecule has 0 spiro atoms. The summed E-state index contributed by atoms with van der Waals surface area (Å²) in [5.74, 6) is 0. The van der Waals surface area contributed by atoms with Crippen molar-refractivity contribution in [2.45, 2.75) is 12.6 Å². The summed E-state index contributed by atoms with van der Waals surface area (Å²) >= 11 is 0. The molecule has 2 aromatic rings. The number of aliphatic hydroxyl groups excluding tert-OH is 1. The van der Waals surface area contributed by atoms with E-state index in [1.807, 2.05) is 37.4 Å². The van der Waals surface area contributed by atoms with Gasteiger partial charge in [-0.2, -0.15) is 0 Å². The van der Waals surface area contributed by atoms with Crippen molar-refractivity contribution in [3.05, 3.63) is 47.8 Å². The molecule has 5 nitrogen and oxygen atoms in total. The molecule has 2 rings (SSSR count). The van der Waals surface area contributed by atoms with Gasteiger partial charge in [-0.3, -0.25) is 4.68 Å². The van der Waals surface area contributed by atoms with E-state index in [0.717, 1.165) is 11.3 Å². The third-order valence-electron chi connectivity index (χ3n) is 2.72. The molecule has 1 atom stereocenters. The van der Waals surface area contributed by atoms with Crippen LogP contribution in [0.15, 0.2) is 36.5 Å². The molecule has 2 N–H and O–H groups in total. The van der Waals surface area contributed by atoms with Gasteiger partial charge < -0.3 is 10.4 Å². The smallest absolute Gasteiger partial charge is 0.0738 e. The first-order valence-corrected chi connectivity index (χ1v) is 5.54. The molecule has 1 aromatic heterocycles. The lowest BCUT2D eigenvalue weighted by atomic mass is 10.1. The molecule has 0 bridgehead atoms. The van der Waals surface area contributed by atoms with Gasteiger partial charge >= 0.3 is 0 Å². The van der Waals surface area contributed by atoms with Gasteiger partial charge in [-0.05, 0) is 5.56 Å². The predicted molar refractivity (Wildman–Crippen MR) is 64.1 cm³/mol. The topological polar surface area (TPSA) is 63.0 Å². The first-order chi connectivity index (χ1) is 8.31. The van der Waals surface area contributed by atoms with Gasteiger partial charge in [0.2, 0.25) is 0 Å². The van der Waals surface area contributed by atoms with E-state index in [1.165, 1.54) is 0 Å². The molecular weight excluding hydrogens is 216 g/mol. The van der Waals surface area contributed by atoms with Gasteiger partial charge in [0.15, 0.2) is 0 Å².